The number of hydrogen-bond donors (Lipinski definition) is 0. The SMILES string of the molecule is CC(C)C1C=C([N+](=O)[O-])CCC1. The summed E-state index contributed by atoms with van der Waals surface area (Å²) in [4.78, 5) is 10.2. The van der Waals surface area contributed by atoms with Crippen molar-refractivity contribution in [1.82, 2.24) is 0 Å². The number of rotatable bonds is 2. The Kier molecular flexibility index (Phi) is 2.84. The van der Waals surface area contributed by atoms with Crippen molar-refractivity contribution in [2.75, 3.05) is 0 Å². The Bertz CT molecular complexity index is 209. The molecular formula is C9H15NO2. The first-order valence-corrected chi connectivity index (χ1v) is 4.46. The molecule has 0 saturated carbocycles. The predicted octanol–water partition coefficient (Wildman–Crippen LogP) is 2.60. The summed E-state index contributed by atoms with van der Waals surface area (Å²) < 4.78 is 0. The third-order valence-corrected chi connectivity index (χ3v) is 2.47. The molecule has 12 heavy (non-hydrogen) atoms. The smallest absolute Gasteiger partial charge is 0.242 e. The molecule has 0 heterocycles. The van der Waals surface area contributed by atoms with Crippen molar-refractivity contribution in [2.45, 2.75) is 33.1 Å². The standard InChI is InChI=1S/C9H15NO2/c1-7(2)8-4-3-5-9(6-8)10(11)12/h6-8H,3-5H2,1-2H3. The highest BCUT2D eigenvalue weighted by Gasteiger charge is 2.22. The summed E-state index contributed by atoms with van der Waals surface area (Å²) in [5.41, 5.74) is 0.417. The summed E-state index contributed by atoms with van der Waals surface area (Å²) in [5, 5.41) is 10.5. The van der Waals surface area contributed by atoms with E-state index in [0.717, 1.165) is 12.8 Å². The quantitative estimate of drug-likeness (QED) is 0.471. The minimum atomic E-state index is -0.242. The normalized spacial score (nSPS) is 23.9. The maximum absolute atomic E-state index is 10.5. The summed E-state index contributed by atoms with van der Waals surface area (Å²) >= 11 is 0. The molecule has 0 aliphatic heterocycles. The van der Waals surface area contributed by atoms with Gasteiger partial charge in [0.05, 0.1) is 4.92 Å². The molecule has 1 aliphatic rings. The van der Waals surface area contributed by atoms with Crippen LogP contribution >= 0.6 is 0 Å². The zero-order valence-corrected chi connectivity index (χ0v) is 7.62. The van der Waals surface area contributed by atoms with Crippen LogP contribution in [0.15, 0.2) is 11.8 Å². The van der Waals surface area contributed by atoms with Crippen LogP contribution in [-0.4, -0.2) is 4.92 Å². The van der Waals surface area contributed by atoms with E-state index in [2.05, 4.69) is 13.8 Å². The molecule has 68 valence electrons. The summed E-state index contributed by atoms with van der Waals surface area (Å²) in [6.45, 7) is 4.23. The van der Waals surface area contributed by atoms with E-state index in [9.17, 15) is 10.1 Å². The minimum Gasteiger partial charge on any atom is -0.259 e. The van der Waals surface area contributed by atoms with Crippen LogP contribution in [0.4, 0.5) is 0 Å². The van der Waals surface area contributed by atoms with Gasteiger partial charge in [0, 0.05) is 6.42 Å². The predicted molar refractivity (Wildman–Crippen MR) is 47.3 cm³/mol. The summed E-state index contributed by atoms with van der Waals surface area (Å²) in [6, 6.07) is 0. The Morgan fingerprint density at radius 1 is 1.67 bits per heavy atom. The van der Waals surface area contributed by atoms with Gasteiger partial charge in [-0.15, -0.1) is 0 Å². The molecule has 0 aromatic carbocycles. The van der Waals surface area contributed by atoms with Crippen molar-refractivity contribution >= 4 is 0 Å². The van der Waals surface area contributed by atoms with Gasteiger partial charge in [-0.05, 0) is 30.8 Å². The third-order valence-electron chi connectivity index (χ3n) is 2.47. The lowest BCUT2D eigenvalue weighted by atomic mass is 9.85. The fraction of sp³-hybridized carbons (Fsp3) is 0.778. The van der Waals surface area contributed by atoms with Crippen LogP contribution in [-0.2, 0) is 0 Å². The Hall–Kier alpha value is -0.860. The minimum absolute atomic E-state index is 0.242. The molecule has 0 spiro atoms. The Labute approximate surface area is 72.6 Å². The average Bonchev–Trinajstić information content (AvgIpc) is 2.04. The molecule has 1 atom stereocenters. The monoisotopic (exact) mass is 169 g/mol. The summed E-state index contributed by atoms with van der Waals surface area (Å²) in [6.07, 6.45) is 4.56. The highest BCUT2D eigenvalue weighted by Crippen LogP contribution is 2.28. The lowest BCUT2D eigenvalue weighted by Crippen LogP contribution is -2.14. The summed E-state index contributed by atoms with van der Waals surface area (Å²) in [7, 11) is 0. The van der Waals surface area contributed by atoms with E-state index in [4.69, 9.17) is 0 Å². The van der Waals surface area contributed by atoms with Gasteiger partial charge in [0.15, 0.2) is 0 Å². The Balaban J connectivity index is 2.70. The van der Waals surface area contributed by atoms with Crippen LogP contribution in [0, 0.1) is 22.0 Å². The molecule has 3 nitrogen and oxygen atoms in total. The second-order valence-corrected chi connectivity index (χ2v) is 3.72. The maximum atomic E-state index is 10.5. The molecular weight excluding hydrogens is 154 g/mol. The van der Waals surface area contributed by atoms with Gasteiger partial charge in [-0.25, -0.2) is 0 Å². The first-order valence-electron chi connectivity index (χ1n) is 4.46. The fourth-order valence-electron chi connectivity index (χ4n) is 1.61. The third kappa shape index (κ3) is 2.06. The first-order chi connectivity index (χ1) is 5.61. The van der Waals surface area contributed by atoms with E-state index in [1.807, 2.05) is 6.08 Å². The van der Waals surface area contributed by atoms with Crippen molar-refractivity contribution in [2.24, 2.45) is 11.8 Å². The van der Waals surface area contributed by atoms with Crippen molar-refractivity contribution in [3.8, 4) is 0 Å². The van der Waals surface area contributed by atoms with Gasteiger partial charge in [0.1, 0.15) is 0 Å². The van der Waals surface area contributed by atoms with Crippen LogP contribution in [0.5, 0.6) is 0 Å². The molecule has 0 N–H and O–H groups in total. The highest BCUT2D eigenvalue weighted by atomic mass is 16.6. The Morgan fingerprint density at radius 2 is 2.33 bits per heavy atom. The Morgan fingerprint density at radius 3 is 2.83 bits per heavy atom. The molecule has 1 unspecified atom stereocenters. The first kappa shape index (κ1) is 9.23. The lowest BCUT2D eigenvalue weighted by Gasteiger charge is -2.19. The number of nitrogens with zero attached hydrogens (tertiary/aromatic N) is 1. The van der Waals surface area contributed by atoms with E-state index in [0.29, 0.717) is 24.0 Å². The van der Waals surface area contributed by atoms with E-state index in [-0.39, 0.29) is 4.92 Å². The van der Waals surface area contributed by atoms with Gasteiger partial charge >= 0.3 is 0 Å². The molecule has 0 bridgehead atoms. The molecule has 0 fully saturated rings. The molecule has 1 aliphatic carbocycles. The van der Waals surface area contributed by atoms with Crippen LogP contribution in [0.1, 0.15) is 33.1 Å². The highest BCUT2D eigenvalue weighted by molar-refractivity contribution is 5.00. The van der Waals surface area contributed by atoms with Crippen molar-refractivity contribution < 1.29 is 4.92 Å². The van der Waals surface area contributed by atoms with Gasteiger partial charge in [-0.3, -0.25) is 10.1 Å². The topological polar surface area (TPSA) is 43.1 Å². The van der Waals surface area contributed by atoms with Crippen LogP contribution < -0.4 is 0 Å². The fourth-order valence-corrected chi connectivity index (χ4v) is 1.61. The number of allylic oxidation sites excluding steroid dienone is 2. The summed E-state index contributed by atoms with van der Waals surface area (Å²) in [5.74, 6) is 0.944. The van der Waals surface area contributed by atoms with Gasteiger partial charge < -0.3 is 0 Å². The number of nitro groups is 1. The van der Waals surface area contributed by atoms with Crippen molar-refractivity contribution in [1.29, 1.82) is 0 Å². The van der Waals surface area contributed by atoms with E-state index < -0.39 is 0 Å². The van der Waals surface area contributed by atoms with E-state index in [1.165, 1.54) is 0 Å². The van der Waals surface area contributed by atoms with Gasteiger partial charge in [-0.1, -0.05) is 13.8 Å². The molecule has 0 aromatic heterocycles. The molecule has 1 rings (SSSR count). The zero-order valence-electron chi connectivity index (χ0n) is 7.62. The molecule has 0 saturated heterocycles. The average molecular weight is 169 g/mol. The second-order valence-electron chi connectivity index (χ2n) is 3.72. The van der Waals surface area contributed by atoms with Crippen molar-refractivity contribution in [3.05, 3.63) is 21.9 Å². The second kappa shape index (κ2) is 3.70. The van der Waals surface area contributed by atoms with E-state index in [1.54, 1.807) is 0 Å². The zero-order chi connectivity index (χ0) is 9.14. The lowest BCUT2D eigenvalue weighted by molar-refractivity contribution is -0.429. The van der Waals surface area contributed by atoms with Crippen LogP contribution in [0.3, 0.4) is 0 Å². The number of hydrogen-bond acceptors (Lipinski definition) is 2. The van der Waals surface area contributed by atoms with E-state index >= 15 is 0 Å². The molecule has 3 heteroatoms. The molecule has 0 amide bonds. The molecule has 0 radical (unpaired) electrons. The van der Waals surface area contributed by atoms with Gasteiger partial charge in [0.2, 0.25) is 5.70 Å². The van der Waals surface area contributed by atoms with Gasteiger partial charge in [0.25, 0.3) is 0 Å². The van der Waals surface area contributed by atoms with Crippen LogP contribution in [0.25, 0.3) is 0 Å². The van der Waals surface area contributed by atoms with Gasteiger partial charge in [-0.2, -0.15) is 0 Å². The van der Waals surface area contributed by atoms with Crippen LogP contribution in [0.2, 0.25) is 0 Å². The maximum Gasteiger partial charge on any atom is 0.242 e. The largest absolute Gasteiger partial charge is 0.259 e. The molecule has 0 aromatic rings. The van der Waals surface area contributed by atoms with Crippen molar-refractivity contribution in [3.63, 3.8) is 0 Å².